The molecule has 2 unspecified atom stereocenters. The van der Waals surface area contributed by atoms with Crippen molar-refractivity contribution >= 4 is 35.4 Å². The molecular weight excluding hydrogens is 362 g/mol. The van der Waals surface area contributed by atoms with Crippen LogP contribution in [0, 0.1) is 0 Å². The highest BCUT2D eigenvalue weighted by molar-refractivity contribution is 7.98. The number of amides is 1. The Morgan fingerprint density at radius 1 is 1.37 bits per heavy atom. The number of nitrogens with zero attached hydrogens (tertiary/aromatic N) is 3. The molecule has 0 bridgehead atoms. The summed E-state index contributed by atoms with van der Waals surface area (Å²) < 4.78 is 5.44. The molecule has 142 valence electrons. The number of pyridine rings is 1. The number of aromatic nitrogens is 3. The van der Waals surface area contributed by atoms with Crippen LogP contribution in [0.3, 0.4) is 0 Å². The fraction of sp³-hybridized carbons (Fsp3) is 0.368. The number of hydrogen-bond acceptors (Lipinski definition) is 7. The van der Waals surface area contributed by atoms with Crippen molar-refractivity contribution in [1.29, 1.82) is 0 Å². The third-order valence-electron chi connectivity index (χ3n) is 4.48. The third-order valence-corrected chi connectivity index (χ3v) is 5.17. The van der Waals surface area contributed by atoms with Crippen LogP contribution in [-0.2, 0) is 4.74 Å². The van der Waals surface area contributed by atoms with Gasteiger partial charge in [0.1, 0.15) is 16.7 Å². The molecule has 1 aliphatic rings. The SMILES string of the molecule is C=Cc1c(NC2CCC(OC)C2)nc(C(=O)Nc2ccccn2)nc1SC. The molecule has 8 heteroatoms. The number of carbonyl (C=O) groups is 1. The Hall–Kier alpha value is -2.45. The number of rotatable bonds is 7. The number of ether oxygens (including phenoxy) is 1. The van der Waals surface area contributed by atoms with Gasteiger partial charge in [0.05, 0.1) is 6.10 Å². The molecule has 3 rings (SSSR count). The van der Waals surface area contributed by atoms with E-state index in [4.69, 9.17) is 4.74 Å². The monoisotopic (exact) mass is 385 g/mol. The van der Waals surface area contributed by atoms with Crippen molar-refractivity contribution in [3.8, 4) is 0 Å². The van der Waals surface area contributed by atoms with E-state index in [1.54, 1.807) is 37.6 Å². The molecule has 2 aromatic rings. The molecule has 0 aliphatic heterocycles. The molecule has 0 aromatic carbocycles. The molecule has 7 nitrogen and oxygen atoms in total. The minimum absolute atomic E-state index is 0.0967. The zero-order valence-electron chi connectivity index (χ0n) is 15.4. The number of thioether (sulfide) groups is 1. The van der Waals surface area contributed by atoms with Gasteiger partial charge in [0.2, 0.25) is 5.82 Å². The van der Waals surface area contributed by atoms with Gasteiger partial charge in [0, 0.05) is 24.9 Å². The highest BCUT2D eigenvalue weighted by atomic mass is 32.2. The maximum atomic E-state index is 12.6. The van der Waals surface area contributed by atoms with Gasteiger partial charge in [0.15, 0.2) is 0 Å². The van der Waals surface area contributed by atoms with Gasteiger partial charge in [0.25, 0.3) is 5.91 Å². The molecule has 0 spiro atoms. The number of methoxy groups -OCH3 is 1. The van der Waals surface area contributed by atoms with Crippen molar-refractivity contribution in [2.24, 2.45) is 0 Å². The summed E-state index contributed by atoms with van der Waals surface area (Å²) in [5.41, 5.74) is 0.803. The van der Waals surface area contributed by atoms with E-state index in [0.717, 1.165) is 24.8 Å². The van der Waals surface area contributed by atoms with Crippen molar-refractivity contribution < 1.29 is 9.53 Å². The van der Waals surface area contributed by atoms with E-state index in [2.05, 4.69) is 32.2 Å². The van der Waals surface area contributed by atoms with E-state index >= 15 is 0 Å². The summed E-state index contributed by atoms with van der Waals surface area (Å²) in [5.74, 6) is 0.776. The van der Waals surface area contributed by atoms with Crippen LogP contribution in [0.4, 0.5) is 11.6 Å². The molecule has 2 aromatic heterocycles. The molecule has 2 atom stereocenters. The van der Waals surface area contributed by atoms with E-state index in [0.29, 0.717) is 16.7 Å². The zero-order chi connectivity index (χ0) is 19.2. The zero-order valence-corrected chi connectivity index (χ0v) is 16.3. The molecule has 1 amide bonds. The maximum Gasteiger partial charge on any atom is 0.294 e. The van der Waals surface area contributed by atoms with Crippen LogP contribution < -0.4 is 10.6 Å². The number of carbonyl (C=O) groups excluding carboxylic acids is 1. The second-order valence-corrected chi connectivity index (χ2v) is 7.00. The van der Waals surface area contributed by atoms with Gasteiger partial charge in [-0.25, -0.2) is 15.0 Å². The Balaban J connectivity index is 1.86. The van der Waals surface area contributed by atoms with Crippen molar-refractivity contribution in [3.63, 3.8) is 0 Å². The van der Waals surface area contributed by atoms with Gasteiger partial charge in [-0.15, -0.1) is 11.8 Å². The standard InChI is InChI=1S/C19H23N5O2S/c1-4-14-16(21-12-8-9-13(11-12)26-2)23-17(24-19(14)27-3)18(25)22-15-7-5-6-10-20-15/h4-7,10,12-13H,1,8-9,11H2,2-3H3,(H,20,22,25)(H,21,23,24). The summed E-state index contributed by atoms with van der Waals surface area (Å²) in [6, 6.07) is 5.55. The smallest absolute Gasteiger partial charge is 0.294 e. The van der Waals surface area contributed by atoms with E-state index in [1.807, 2.05) is 6.26 Å². The summed E-state index contributed by atoms with van der Waals surface area (Å²) in [7, 11) is 1.73. The largest absolute Gasteiger partial charge is 0.381 e. The summed E-state index contributed by atoms with van der Waals surface area (Å²) in [6.07, 6.45) is 8.40. The van der Waals surface area contributed by atoms with Gasteiger partial charge < -0.3 is 15.4 Å². The molecule has 0 radical (unpaired) electrons. The van der Waals surface area contributed by atoms with E-state index in [1.165, 1.54) is 11.8 Å². The van der Waals surface area contributed by atoms with Gasteiger partial charge in [-0.2, -0.15) is 0 Å². The van der Waals surface area contributed by atoms with Crippen molar-refractivity contribution in [3.05, 3.63) is 42.4 Å². The lowest BCUT2D eigenvalue weighted by Gasteiger charge is -2.17. The first-order valence-electron chi connectivity index (χ1n) is 8.74. The fourth-order valence-electron chi connectivity index (χ4n) is 3.09. The number of nitrogens with one attached hydrogen (secondary N) is 2. The summed E-state index contributed by atoms with van der Waals surface area (Å²) in [6.45, 7) is 3.88. The molecule has 27 heavy (non-hydrogen) atoms. The highest BCUT2D eigenvalue weighted by Crippen LogP contribution is 2.29. The van der Waals surface area contributed by atoms with Crippen LogP contribution in [0.15, 0.2) is 36.0 Å². The van der Waals surface area contributed by atoms with Crippen LogP contribution >= 0.6 is 11.8 Å². The number of hydrogen-bond donors (Lipinski definition) is 2. The second kappa shape index (κ2) is 8.96. The highest BCUT2D eigenvalue weighted by Gasteiger charge is 2.26. The molecule has 2 N–H and O–H groups in total. The predicted octanol–water partition coefficient (Wildman–Crippen LogP) is 3.47. The molecule has 1 saturated carbocycles. The lowest BCUT2D eigenvalue weighted by molar-refractivity contribution is 0.101. The molecule has 2 heterocycles. The van der Waals surface area contributed by atoms with Gasteiger partial charge in [-0.1, -0.05) is 18.7 Å². The van der Waals surface area contributed by atoms with Crippen LogP contribution in [0.25, 0.3) is 6.08 Å². The first-order valence-corrected chi connectivity index (χ1v) is 9.97. The lowest BCUT2D eigenvalue weighted by atomic mass is 10.2. The average molecular weight is 385 g/mol. The van der Waals surface area contributed by atoms with Crippen LogP contribution in [0.1, 0.15) is 35.4 Å². The molecule has 1 fully saturated rings. The minimum atomic E-state index is -0.399. The van der Waals surface area contributed by atoms with E-state index in [-0.39, 0.29) is 18.0 Å². The third kappa shape index (κ3) is 4.64. The van der Waals surface area contributed by atoms with E-state index in [9.17, 15) is 4.79 Å². The topological polar surface area (TPSA) is 89.0 Å². The fourth-order valence-corrected chi connectivity index (χ4v) is 3.67. The van der Waals surface area contributed by atoms with Crippen molar-refractivity contribution in [2.75, 3.05) is 24.0 Å². The van der Waals surface area contributed by atoms with E-state index < -0.39 is 5.91 Å². The molecule has 1 aliphatic carbocycles. The number of anilines is 2. The van der Waals surface area contributed by atoms with Crippen LogP contribution in [0.5, 0.6) is 0 Å². The van der Waals surface area contributed by atoms with Gasteiger partial charge in [-0.05, 0) is 37.7 Å². The van der Waals surface area contributed by atoms with Gasteiger partial charge in [-0.3, -0.25) is 4.79 Å². The van der Waals surface area contributed by atoms with Crippen LogP contribution in [0.2, 0.25) is 0 Å². The Kier molecular flexibility index (Phi) is 6.41. The predicted molar refractivity (Wildman–Crippen MR) is 108 cm³/mol. The molecule has 0 saturated heterocycles. The summed E-state index contributed by atoms with van der Waals surface area (Å²) in [4.78, 5) is 25.6. The summed E-state index contributed by atoms with van der Waals surface area (Å²) >= 11 is 1.45. The Bertz CT molecular complexity index is 815. The van der Waals surface area contributed by atoms with Crippen molar-refractivity contribution in [2.45, 2.75) is 36.4 Å². The van der Waals surface area contributed by atoms with Crippen LogP contribution in [-0.4, -0.2) is 46.4 Å². The van der Waals surface area contributed by atoms with Crippen molar-refractivity contribution in [1.82, 2.24) is 15.0 Å². The minimum Gasteiger partial charge on any atom is -0.381 e. The normalized spacial score (nSPS) is 18.9. The Morgan fingerprint density at radius 3 is 2.85 bits per heavy atom. The Morgan fingerprint density at radius 2 is 2.22 bits per heavy atom. The van der Waals surface area contributed by atoms with Gasteiger partial charge >= 0.3 is 0 Å². The first-order chi connectivity index (χ1) is 13.1. The average Bonchev–Trinajstić information content (AvgIpc) is 3.15. The first kappa shape index (κ1) is 19.3. The maximum absolute atomic E-state index is 12.6. The Labute approximate surface area is 163 Å². The second-order valence-electron chi connectivity index (χ2n) is 6.20. The molecular formula is C19H23N5O2S. The quantitative estimate of drug-likeness (QED) is 0.557. The lowest BCUT2D eigenvalue weighted by Crippen LogP contribution is -2.22. The summed E-state index contributed by atoms with van der Waals surface area (Å²) in [5, 5.41) is 6.88.